The lowest BCUT2D eigenvalue weighted by Crippen LogP contribution is -1.84. The predicted molar refractivity (Wildman–Crippen MR) is 72.0 cm³/mol. The summed E-state index contributed by atoms with van der Waals surface area (Å²) in [6, 6.07) is 13.5. The molecule has 1 N–H and O–H groups in total. The van der Waals surface area contributed by atoms with E-state index in [9.17, 15) is 0 Å². The van der Waals surface area contributed by atoms with Gasteiger partial charge in [-0.3, -0.25) is 10.1 Å². The summed E-state index contributed by atoms with van der Waals surface area (Å²) in [5.74, 6) is 0. The van der Waals surface area contributed by atoms with Gasteiger partial charge in [0.15, 0.2) is 0 Å². The highest BCUT2D eigenvalue weighted by Gasteiger charge is 2.10. The van der Waals surface area contributed by atoms with E-state index in [0.29, 0.717) is 5.56 Å². The van der Waals surface area contributed by atoms with E-state index in [-0.39, 0.29) is 0 Å². The number of aromatic nitrogens is 3. The molecule has 0 bridgehead atoms. The van der Waals surface area contributed by atoms with Gasteiger partial charge in [0.25, 0.3) is 0 Å². The number of rotatable bonds is 2. The first-order valence-electron chi connectivity index (χ1n) is 5.83. The second-order valence-corrected chi connectivity index (χ2v) is 4.09. The van der Waals surface area contributed by atoms with Crippen LogP contribution in [-0.4, -0.2) is 15.2 Å². The Bertz CT molecular complexity index is 738. The number of hydrogen-bond acceptors (Lipinski definition) is 3. The van der Waals surface area contributed by atoms with Crippen molar-refractivity contribution < 1.29 is 0 Å². The van der Waals surface area contributed by atoms with Crippen LogP contribution >= 0.6 is 0 Å². The van der Waals surface area contributed by atoms with E-state index >= 15 is 0 Å². The van der Waals surface area contributed by atoms with Gasteiger partial charge in [0, 0.05) is 23.5 Å². The molecular formula is C15H10N4. The fourth-order valence-corrected chi connectivity index (χ4v) is 1.99. The first-order chi connectivity index (χ1) is 9.38. The standard InChI is InChI=1S/C15H10N4/c16-8-11-3-1-4-12(7-11)14-10-18-19-15(14)13-5-2-6-17-9-13/h1-7,9-10H,(H,18,19). The third kappa shape index (κ3) is 2.09. The summed E-state index contributed by atoms with van der Waals surface area (Å²) in [5, 5.41) is 16.0. The summed E-state index contributed by atoms with van der Waals surface area (Å²) in [6.07, 6.45) is 5.28. The summed E-state index contributed by atoms with van der Waals surface area (Å²) in [5.41, 5.74) is 4.44. The Balaban J connectivity index is 2.13. The number of benzene rings is 1. The van der Waals surface area contributed by atoms with Crippen molar-refractivity contribution in [1.29, 1.82) is 5.26 Å². The summed E-state index contributed by atoms with van der Waals surface area (Å²) in [6.45, 7) is 0. The highest BCUT2D eigenvalue weighted by atomic mass is 15.1. The molecule has 0 radical (unpaired) electrons. The number of aromatic amines is 1. The van der Waals surface area contributed by atoms with E-state index in [1.54, 1.807) is 24.7 Å². The summed E-state index contributed by atoms with van der Waals surface area (Å²) < 4.78 is 0. The maximum absolute atomic E-state index is 8.96. The van der Waals surface area contributed by atoms with Crippen molar-refractivity contribution in [3.63, 3.8) is 0 Å². The molecule has 1 aromatic carbocycles. The van der Waals surface area contributed by atoms with E-state index in [4.69, 9.17) is 5.26 Å². The fourth-order valence-electron chi connectivity index (χ4n) is 1.99. The zero-order chi connectivity index (χ0) is 13.1. The van der Waals surface area contributed by atoms with Crippen LogP contribution in [0.2, 0.25) is 0 Å². The summed E-state index contributed by atoms with van der Waals surface area (Å²) in [4.78, 5) is 4.11. The van der Waals surface area contributed by atoms with Crippen LogP contribution in [0.4, 0.5) is 0 Å². The molecule has 3 aromatic rings. The van der Waals surface area contributed by atoms with Gasteiger partial charge in [-0.2, -0.15) is 10.4 Å². The van der Waals surface area contributed by atoms with Crippen molar-refractivity contribution in [3.8, 4) is 28.5 Å². The highest BCUT2D eigenvalue weighted by Crippen LogP contribution is 2.29. The molecule has 4 nitrogen and oxygen atoms in total. The van der Waals surface area contributed by atoms with Gasteiger partial charge in [-0.25, -0.2) is 0 Å². The Morgan fingerprint density at radius 1 is 1.05 bits per heavy atom. The molecule has 90 valence electrons. The lowest BCUT2D eigenvalue weighted by molar-refractivity contribution is 1.09. The normalized spacial score (nSPS) is 10.1. The zero-order valence-electron chi connectivity index (χ0n) is 10.0. The molecular weight excluding hydrogens is 236 g/mol. The summed E-state index contributed by atoms with van der Waals surface area (Å²) in [7, 11) is 0. The SMILES string of the molecule is N#Cc1cccc(-c2cn[nH]c2-c2cccnc2)c1. The number of pyridine rings is 1. The number of nitriles is 1. The van der Waals surface area contributed by atoms with Crippen molar-refractivity contribution in [2.75, 3.05) is 0 Å². The van der Waals surface area contributed by atoms with Crippen LogP contribution in [0.5, 0.6) is 0 Å². The summed E-state index contributed by atoms with van der Waals surface area (Å²) >= 11 is 0. The Kier molecular flexibility index (Phi) is 2.79. The molecule has 0 fully saturated rings. The van der Waals surface area contributed by atoms with E-state index in [1.165, 1.54) is 0 Å². The van der Waals surface area contributed by atoms with Crippen LogP contribution in [-0.2, 0) is 0 Å². The molecule has 0 saturated heterocycles. The van der Waals surface area contributed by atoms with Crippen molar-refractivity contribution in [2.24, 2.45) is 0 Å². The Morgan fingerprint density at radius 2 is 1.95 bits per heavy atom. The van der Waals surface area contributed by atoms with Gasteiger partial charge < -0.3 is 0 Å². The molecule has 0 amide bonds. The average molecular weight is 246 g/mol. The lowest BCUT2D eigenvalue weighted by Gasteiger charge is -2.03. The molecule has 2 aromatic heterocycles. The maximum atomic E-state index is 8.96. The van der Waals surface area contributed by atoms with Crippen molar-refractivity contribution in [3.05, 3.63) is 60.6 Å². The molecule has 19 heavy (non-hydrogen) atoms. The van der Waals surface area contributed by atoms with Crippen LogP contribution in [0.15, 0.2) is 55.0 Å². The molecule has 0 atom stereocenters. The minimum atomic E-state index is 0.635. The van der Waals surface area contributed by atoms with E-state index in [1.807, 2.05) is 30.3 Å². The quantitative estimate of drug-likeness (QED) is 0.755. The average Bonchev–Trinajstić information content (AvgIpc) is 2.98. The minimum absolute atomic E-state index is 0.635. The van der Waals surface area contributed by atoms with Crippen LogP contribution < -0.4 is 0 Å². The van der Waals surface area contributed by atoms with Crippen molar-refractivity contribution >= 4 is 0 Å². The van der Waals surface area contributed by atoms with Crippen LogP contribution in [0.25, 0.3) is 22.4 Å². The molecule has 0 spiro atoms. The Labute approximate surface area is 110 Å². The first-order valence-corrected chi connectivity index (χ1v) is 5.83. The number of hydrogen-bond donors (Lipinski definition) is 1. The Hall–Kier alpha value is -2.93. The molecule has 4 heteroatoms. The fraction of sp³-hybridized carbons (Fsp3) is 0. The van der Waals surface area contributed by atoms with Crippen molar-refractivity contribution in [1.82, 2.24) is 15.2 Å². The van der Waals surface area contributed by atoms with E-state index in [2.05, 4.69) is 21.3 Å². The van der Waals surface area contributed by atoms with Gasteiger partial charge in [0.2, 0.25) is 0 Å². The number of H-pyrrole nitrogens is 1. The second-order valence-electron chi connectivity index (χ2n) is 4.09. The predicted octanol–water partition coefficient (Wildman–Crippen LogP) is 3.01. The van der Waals surface area contributed by atoms with Gasteiger partial charge in [-0.05, 0) is 29.8 Å². The van der Waals surface area contributed by atoms with Gasteiger partial charge in [0.1, 0.15) is 0 Å². The van der Waals surface area contributed by atoms with Gasteiger partial charge in [-0.15, -0.1) is 0 Å². The largest absolute Gasteiger partial charge is 0.277 e. The lowest BCUT2D eigenvalue weighted by atomic mass is 10.0. The van der Waals surface area contributed by atoms with Gasteiger partial charge in [0.05, 0.1) is 23.5 Å². The highest BCUT2D eigenvalue weighted by molar-refractivity contribution is 5.80. The third-order valence-electron chi connectivity index (χ3n) is 2.89. The third-order valence-corrected chi connectivity index (χ3v) is 2.89. The molecule has 2 heterocycles. The number of nitrogens with one attached hydrogen (secondary N) is 1. The topological polar surface area (TPSA) is 65.4 Å². The monoisotopic (exact) mass is 246 g/mol. The Morgan fingerprint density at radius 3 is 2.74 bits per heavy atom. The van der Waals surface area contributed by atoms with Gasteiger partial charge in [-0.1, -0.05) is 12.1 Å². The van der Waals surface area contributed by atoms with E-state index < -0.39 is 0 Å². The zero-order valence-corrected chi connectivity index (χ0v) is 10.0. The smallest absolute Gasteiger partial charge is 0.0991 e. The van der Waals surface area contributed by atoms with Crippen LogP contribution in [0, 0.1) is 11.3 Å². The maximum Gasteiger partial charge on any atom is 0.0991 e. The molecule has 3 rings (SSSR count). The molecule has 0 unspecified atom stereocenters. The number of nitrogens with zero attached hydrogens (tertiary/aromatic N) is 3. The molecule has 0 aliphatic rings. The molecule has 0 aliphatic heterocycles. The molecule has 0 saturated carbocycles. The first kappa shape index (κ1) is 11.2. The minimum Gasteiger partial charge on any atom is -0.277 e. The van der Waals surface area contributed by atoms with Crippen molar-refractivity contribution in [2.45, 2.75) is 0 Å². The van der Waals surface area contributed by atoms with E-state index in [0.717, 1.165) is 22.4 Å². The van der Waals surface area contributed by atoms with Crippen LogP contribution in [0.1, 0.15) is 5.56 Å². The molecule has 0 aliphatic carbocycles. The second kappa shape index (κ2) is 4.75. The van der Waals surface area contributed by atoms with Crippen LogP contribution in [0.3, 0.4) is 0 Å². The van der Waals surface area contributed by atoms with Gasteiger partial charge >= 0.3 is 0 Å².